The van der Waals surface area contributed by atoms with Gasteiger partial charge >= 0.3 is 5.97 Å². The third-order valence-electron chi connectivity index (χ3n) is 2.97. The highest BCUT2D eigenvalue weighted by Gasteiger charge is 2.05. The summed E-state index contributed by atoms with van der Waals surface area (Å²) < 4.78 is 4.67. The van der Waals surface area contributed by atoms with Crippen LogP contribution in [0.15, 0.2) is 24.3 Å². The van der Waals surface area contributed by atoms with Crippen molar-refractivity contribution < 1.29 is 9.53 Å². The van der Waals surface area contributed by atoms with Crippen LogP contribution in [0.4, 0.5) is 0 Å². The summed E-state index contributed by atoms with van der Waals surface area (Å²) in [7, 11) is 3.53. The van der Waals surface area contributed by atoms with Crippen LogP contribution in [-0.4, -0.2) is 31.6 Å². The number of esters is 1. The Kier molecular flexibility index (Phi) is 6.44. The Bertz CT molecular complexity index is 359. The zero-order valence-corrected chi connectivity index (χ0v) is 11.6. The van der Waals surface area contributed by atoms with Gasteiger partial charge in [-0.3, -0.25) is 0 Å². The molecule has 18 heavy (non-hydrogen) atoms. The Morgan fingerprint density at radius 3 is 2.44 bits per heavy atom. The lowest BCUT2D eigenvalue weighted by Gasteiger charge is -2.16. The van der Waals surface area contributed by atoms with E-state index in [1.807, 2.05) is 24.3 Å². The van der Waals surface area contributed by atoms with Crippen molar-refractivity contribution in [1.82, 2.24) is 4.90 Å². The van der Waals surface area contributed by atoms with Crippen molar-refractivity contribution in [1.29, 1.82) is 0 Å². The second-order valence-corrected chi connectivity index (χ2v) is 4.63. The number of rotatable bonds is 7. The SMILES string of the molecule is CCCCCN(C)Cc1ccc(C(=O)OC)cc1. The molecule has 1 rings (SSSR count). The number of nitrogens with zero attached hydrogens (tertiary/aromatic N) is 1. The van der Waals surface area contributed by atoms with Crippen LogP contribution in [0.1, 0.15) is 42.1 Å². The first kappa shape index (κ1) is 14.7. The van der Waals surface area contributed by atoms with Crippen molar-refractivity contribution in [2.75, 3.05) is 20.7 Å². The molecular weight excluding hydrogens is 226 g/mol. The summed E-state index contributed by atoms with van der Waals surface area (Å²) in [5.74, 6) is -0.280. The molecule has 0 unspecified atom stereocenters. The maximum atomic E-state index is 11.3. The Hall–Kier alpha value is -1.35. The van der Waals surface area contributed by atoms with Crippen molar-refractivity contribution in [2.45, 2.75) is 32.7 Å². The van der Waals surface area contributed by atoms with Gasteiger partial charge in [0, 0.05) is 6.54 Å². The van der Waals surface area contributed by atoms with E-state index in [0.29, 0.717) is 5.56 Å². The van der Waals surface area contributed by atoms with Gasteiger partial charge in [-0.25, -0.2) is 4.79 Å². The normalized spacial score (nSPS) is 10.7. The van der Waals surface area contributed by atoms with Gasteiger partial charge in [-0.2, -0.15) is 0 Å². The fourth-order valence-electron chi connectivity index (χ4n) is 1.89. The minimum Gasteiger partial charge on any atom is -0.465 e. The molecule has 0 N–H and O–H groups in total. The summed E-state index contributed by atoms with van der Waals surface area (Å²) >= 11 is 0. The molecule has 0 fully saturated rings. The first-order valence-corrected chi connectivity index (χ1v) is 6.53. The molecule has 0 amide bonds. The third kappa shape index (κ3) is 4.88. The van der Waals surface area contributed by atoms with Crippen LogP contribution in [0, 0.1) is 0 Å². The molecule has 0 bridgehead atoms. The number of unbranched alkanes of at least 4 members (excludes halogenated alkanes) is 2. The van der Waals surface area contributed by atoms with E-state index in [9.17, 15) is 4.79 Å². The van der Waals surface area contributed by atoms with Crippen LogP contribution in [0.25, 0.3) is 0 Å². The second-order valence-electron chi connectivity index (χ2n) is 4.63. The van der Waals surface area contributed by atoms with Crippen molar-refractivity contribution >= 4 is 5.97 Å². The summed E-state index contributed by atoms with van der Waals surface area (Å²) in [4.78, 5) is 13.6. The molecule has 0 spiro atoms. The van der Waals surface area contributed by atoms with Gasteiger partial charge in [0.1, 0.15) is 0 Å². The Morgan fingerprint density at radius 1 is 1.22 bits per heavy atom. The highest BCUT2D eigenvalue weighted by molar-refractivity contribution is 5.89. The molecule has 0 atom stereocenters. The molecule has 1 aromatic carbocycles. The van der Waals surface area contributed by atoms with E-state index in [1.54, 1.807) is 0 Å². The van der Waals surface area contributed by atoms with E-state index in [1.165, 1.54) is 31.9 Å². The average Bonchev–Trinajstić information content (AvgIpc) is 2.39. The fraction of sp³-hybridized carbons (Fsp3) is 0.533. The van der Waals surface area contributed by atoms with Crippen LogP contribution in [0.2, 0.25) is 0 Å². The van der Waals surface area contributed by atoms with Crippen LogP contribution in [-0.2, 0) is 11.3 Å². The summed E-state index contributed by atoms with van der Waals surface area (Å²) in [5, 5.41) is 0. The van der Waals surface area contributed by atoms with Gasteiger partial charge in [0.05, 0.1) is 12.7 Å². The zero-order valence-electron chi connectivity index (χ0n) is 11.6. The molecule has 0 radical (unpaired) electrons. The highest BCUT2D eigenvalue weighted by atomic mass is 16.5. The summed E-state index contributed by atoms with van der Waals surface area (Å²) in [5.41, 5.74) is 1.83. The summed E-state index contributed by atoms with van der Waals surface area (Å²) in [6, 6.07) is 7.62. The fourth-order valence-corrected chi connectivity index (χ4v) is 1.89. The number of benzene rings is 1. The molecule has 0 aliphatic carbocycles. The zero-order chi connectivity index (χ0) is 13.4. The van der Waals surface area contributed by atoms with E-state index < -0.39 is 0 Å². The van der Waals surface area contributed by atoms with Crippen molar-refractivity contribution in [3.8, 4) is 0 Å². The molecule has 0 saturated heterocycles. The predicted octanol–water partition coefficient (Wildman–Crippen LogP) is 3.10. The lowest BCUT2D eigenvalue weighted by atomic mass is 10.1. The van der Waals surface area contributed by atoms with Crippen LogP contribution >= 0.6 is 0 Å². The number of hydrogen-bond acceptors (Lipinski definition) is 3. The molecule has 0 heterocycles. The molecule has 3 heteroatoms. The lowest BCUT2D eigenvalue weighted by Crippen LogP contribution is -2.19. The smallest absolute Gasteiger partial charge is 0.337 e. The summed E-state index contributed by atoms with van der Waals surface area (Å²) in [6.07, 6.45) is 3.78. The second kappa shape index (κ2) is 7.88. The van der Waals surface area contributed by atoms with Gasteiger partial charge in [-0.05, 0) is 37.7 Å². The quantitative estimate of drug-likeness (QED) is 0.549. The number of carbonyl (C=O) groups is 1. The van der Waals surface area contributed by atoms with Crippen LogP contribution in [0.5, 0.6) is 0 Å². The third-order valence-corrected chi connectivity index (χ3v) is 2.97. The maximum absolute atomic E-state index is 11.3. The molecule has 1 aromatic rings. The molecule has 0 aliphatic rings. The Morgan fingerprint density at radius 2 is 1.89 bits per heavy atom. The van der Waals surface area contributed by atoms with E-state index in [4.69, 9.17) is 0 Å². The molecule has 0 saturated carbocycles. The van der Waals surface area contributed by atoms with Gasteiger partial charge in [-0.15, -0.1) is 0 Å². The average molecular weight is 249 g/mol. The minimum absolute atomic E-state index is 0.280. The highest BCUT2D eigenvalue weighted by Crippen LogP contribution is 2.08. The standard InChI is InChI=1S/C15H23NO2/c1-4-5-6-11-16(2)12-13-7-9-14(10-8-13)15(17)18-3/h7-10H,4-6,11-12H2,1-3H3. The van der Waals surface area contributed by atoms with Crippen LogP contribution < -0.4 is 0 Å². The predicted molar refractivity (Wildman–Crippen MR) is 73.6 cm³/mol. The van der Waals surface area contributed by atoms with E-state index in [0.717, 1.165) is 13.1 Å². The molecule has 3 nitrogen and oxygen atoms in total. The van der Waals surface area contributed by atoms with Crippen molar-refractivity contribution in [3.63, 3.8) is 0 Å². The molecule has 0 aliphatic heterocycles. The van der Waals surface area contributed by atoms with Gasteiger partial charge in [-0.1, -0.05) is 31.9 Å². The van der Waals surface area contributed by atoms with Crippen molar-refractivity contribution in [2.24, 2.45) is 0 Å². The van der Waals surface area contributed by atoms with Crippen molar-refractivity contribution in [3.05, 3.63) is 35.4 Å². The van der Waals surface area contributed by atoms with Gasteiger partial charge < -0.3 is 9.64 Å². The number of methoxy groups -OCH3 is 1. The maximum Gasteiger partial charge on any atom is 0.337 e. The van der Waals surface area contributed by atoms with E-state index >= 15 is 0 Å². The monoisotopic (exact) mass is 249 g/mol. The Balaban J connectivity index is 2.45. The first-order valence-electron chi connectivity index (χ1n) is 6.53. The lowest BCUT2D eigenvalue weighted by molar-refractivity contribution is 0.0600. The van der Waals surface area contributed by atoms with Gasteiger partial charge in [0.2, 0.25) is 0 Å². The van der Waals surface area contributed by atoms with E-state index in [2.05, 4.69) is 23.6 Å². The first-order chi connectivity index (χ1) is 8.67. The van der Waals surface area contributed by atoms with E-state index in [-0.39, 0.29) is 5.97 Å². The van der Waals surface area contributed by atoms with Gasteiger partial charge in [0.15, 0.2) is 0 Å². The number of ether oxygens (including phenoxy) is 1. The van der Waals surface area contributed by atoms with Crippen LogP contribution in [0.3, 0.4) is 0 Å². The van der Waals surface area contributed by atoms with Gasteiger partial charge in [0.25, 0.3) is 0 Å². The molecule has 0 aromatic heterocycles. The topological polar surface area (TPSA) is 29.5 Å². The molecular formula is C15H23NO2. The number of carbonyl (C=O) groups excluding carboxylic acids is 1. The largest absolute Gasteiger partial charge is 0.465 e. The number of hydrogen-bond donors (Lipinski definition) is 0. The molecule has 100 valence electrons. The minimum atomic E-state index is -0.280. The summed E-state index contributed by atoms with van der Waals surface area (Å²) in [6.45, 7) is 4.25. The Labute approximate surface area is 110 Å².